The fourth-order valence-electron chi connectivity index (χ4n) is 2.26. The number of ether oxygens (including phenoxy) is 1. The fraction of sp³-hybridized carbons (Fsp3) is 1.00. The number of hydrogen-bond donors (Lipinski definition) is 3. The maximum absolute atomic E-state index is 13.8. The van der Waals surface area contributed by atoms with Crippen LogP contribution in [0.2, 0.25) is 0 Å². The van der Waals surface area contributed by atoms with Crippen LogP contribution in [0.1, 0.15) is 45.4 Å². The Kier molecular flexibility index (Phi) is 9.04. The van der Waals surface area contributed by atoms with Crippen molar-refractivity contribution in [1.82, 2.24) is 0 Å². The van der Waals surface area contributed by atoms with Gasteiger partial charge < -0.3 is 20.1 Å². The standard InChI is InChI=1S/C14H27FO4S/c1-2-3-4-5-6-7-8-20-14-11(15)13(18)12(17)10(9-16)19-14/h10-14,16-18H,2-9H2,1H3/t10-,11+,12-,13-,14-/m1/s1. The smallest absolute Gasteiger partial charge is 0.164 e. The summed E-state index contributed by atoms with van der Waals surface area (Å²) in [4.78, 5) is 0. The summed E-state index contributed by atoms with van der Waals surface area (Å²) in [5.41, 5.74) is -0.804. The Morgan fingerprint density at radius 1 is 1.05 bits per heavy atom. The molecule has 5 atom stereocenters. The molecule has 0 aromatic heterocycles. The molecule has 20 heavy (non-hydrogen) atoms. The van der Waals surface area contributed by atoms with Gasteiger partial charge in [-0.15, -0.1) is 11.8 Å². The summed E-state index contributed by atoms with van der Waals surface area (Å²) in [6.07, 6.45) is 1.66. The van der Waals surface area contributed by atoms with Crippen molar-refractivity contribution in [2.24, 2.45) is 0 Å². The van der Waals surface area contributed by atoms with E-state index in [1.807, 2.05) is 0 Å². The molecule has 6 heteroatoms. The zero-order chi connectivity index (χ0) is 15.0. The molecule has 0 bridgehead atoms. The summed E-state index contributed by atoms with van der Waals surface area (Å²) in [5.74, 6) is 0.762. The van der Waals surface area contributed by atoms with Crippen LogP contribution in [0.3, 0.4) is 0 Å². The zero-order valence-electron chi connectivity index (χ0n) is 12.1. The first kappa shape index (κ1) is 18.2. The first-order valence-electron chi connectivity index (χ1n) is 7.50. The molecule has 0 aromatic carbocycles. The maximum Gasteiger partial charge on any atom is 0.164 e. The highest BCUT2D eigenvalue weighted by atomic mass is 32.2. The molecule has 0 amide bonds. The number of unbranched alkanes of at least 4 members (excludes halogenated alkanes) is 5. The minimum Gasteiger partial charge on any atom is -0.394 e. The predicted octanol–water partition coefficient (Wildman–Crippen LogP) is 1.86. The number of rotatable bonds is 9. The Morgan fingerprint density at radius 3 is 2.35 bits per heavy atom. The summed E-state index contributed by atoms with van der Waals surface area (Å²) in [6.45, 7) is 1.76. The van der Waals surface area contributed by atoms with Gasteiger partial charge in [-0.25, -0.2) is 4.39 Å². The first-order valence-corrected chi connectivity index (χ1v) is 8.54. The van der Waals surface area contributed by atoms with E-state index in [1.165, 1.54) is 37.4 Å². The Hall–Kier alpha value is 0.120. The second-order valence-corrected chi connectivity index (χ2v) is 6.50. The van der Waals surface area contributed by atoms with Gasteiger partial charge in [0.2, 0.25) is 0 Å². The van der Waals surface area contributed by atoms with Crippen LogP contribution in [-0.4, -0.2) is 57.6 Å². The van der Waals surface area contributed by atoms with E-state index in [0.717, 1.165) is 18.6 Å². The van der Waals surface area contributed by atoms with E-state index < -0.39 is 36.5 Å². The molecule has 0 aliphatic carbocycles. The summed E-state index contributed by atoms with van der Waals surface area (Å²) in [7, 11) is 0. The van der Waals surface area contributed by atoms with E-state index >= 15 is 0 Å². The molecule has 1 heterocycles. The number of hydrogen-bond acceptors (Lipinski definition) is 5. The van der Waals surface area contributed by atoms with Crippen molar-refractivity contribution in [3.63, 3.8) is 0 Å². The first-order chi connectivity index (χ1) is 9.61. The van der Waals surface area contributed by atoms with Gasteiger partial charge in [-0.1, -0.05) is 39.0 Å². The Bertz CT molecular complexity index is 255. The van der Waals surface area contributed by atoms with Crippen LogP contribution in [0.4, 0.5) is 4.39 Å². The van der Waals surface area contributed by atoms with Crippen LogP contribution in [0.25, 0.3) is 0 Å². The lowest BCUT2D eigenvalue weighted by atomic mass is 10.0. The van der Waals surface area contributed by atoms with E-state index in [2.05, 4.69) is 6.92 Å². The lowest BCUT2D eigenvalue weighted by molar-refractivity contribution is -0.188. The molecule has 1 aliphatic rings. The molecular weight excluding hydrogens is 283 g/mol. The normalized spacial score (nSPS) is 34.4. The lowest BCUT2D eigenvalue weighted by Gasteiger charge is -2.38. The lowest BCUT2D eigenvalue weighted by Crippen LogP contribution is -2.56. The molecule has 0 spiro atoms. The van der Waals surface area contributed by atoms with Crippen molar-refractivity contribution < 1.29 is 24.4 Å². The number of aliphatic hydroxyl groups excluding tert-OH is 3. The number of halogens is 1. The van der Waals surface area contributed by atoms with Gasteiger partial charge in [0.05, 0.1) is 6.61 Å². The predicted molar refractivity (Wildman–Crippen MR) is 78.5 cm³/mol. The van der Waals surface area contributed by atoms with E-state index in [9.17, 15) is 14.6 Å². The molecule has 120 valence electrons. The number of aliphatic hydroxyl groups is 3. The van der Waals surface area contributed by atoms with Crippen molar-refractivity contribution >= 4 is 11.8 Å². The summed E-state index contributed by atoms with van der Waals surface area (Å²) < 4.78 is 19.1. The summed E-state index contributed by atoms with van der Waals surface area (Å²) in [6, 6.07) is 0. The molecule has 0 saturated carbocycles. The van der Waals surface area contributed by atoms with E-state index in [1.54, 1.807) is 0 Å². The maximum atomic E-state index is 13.8. The van der Waals surface area contributed by atoms with Gasteiger partial charge in [-0.3, -0.25) is 0 Å². The zero-order valence-corrected chi connectivity index (χ0v) is 12.9. The van der Waals surface area contributed by atoms with Crippen LogP contribution in [0.15, 0.2) is 0 Å². The Balaban J connectivity index is 2.21. The van der Waals surface area contributed by atoms with E-state index in [-0.39, 0.29) is 0 Å². The fourth-order valence-corrected chi connectivity index (χ4v) is 3.43. The van der Waals surface area contributed by atoms with Gasteiger partial charge in [-0.2, -0.15) is 0 Å². The van der Waals surface area contributed by atoms with Crippen LogP contribution >= 0.6 is 11.8 Å². The topological polar surface area (TPSA) is 69.9 Å². The summed E-state index contributed by atoms with van der Waals surface area (Å²) >= 11 is 1.31. The second kappa shape index (κ2) is 9.95. The van der Waals surface area contributed by atoms with Crippen molar-refractivity contribution in [2.45, 2.75) is 75.4 Å². The van der Waals surface area contributed by atoms with Crippen LogP contribution < -0.4 is 0 Å². The molecule has 0 aromatic rings. The minimum atomic E-state index is -1.61. The van der Waals surface area contributed by atoms with Crippen LogP contribution in [0, 0.1) is 0 Å². The molecule has 1 aliphatic heterocycles. The SMILES string of the molecule is CCCCCCCCS[C@H]1O[C@H](CO)[C@@H](O)[C@H](O)[C@@H]1F. The second-order valence-electron chi connectivity index (χ2n) is 5.29. The molecule has 0 radical (unpaired) electrons. The van der Waals surface area contributed by atoms with Gasteiger partial charge >= 0.3 is 0 Å². The third kappa shape index (κ3) is 5.48. The third-order valence-corrected chi connectivity index (χ3v) is 4.81. The van der Waals surface area contributed by atoms with Crippen LogP contribution in [-0.2, 0) is 4.74 Å². The molecule has 1 rings (SSSR count). The molecule has 0 unspecified atom stereocenters. The van der Waals surface area contributed by atoms with Crippen molar-refractivity contribution in [3.8, 4) is 0 Å². The van der Waals surface area contributed by atoms with E-state index in [4.69, 9.17) is 9.84 Å². The molecular formula is C14H27FO4S. The van der Waals surface area contributed by atoms with Gasteiger partial charge in [-0.05, 0) is 12.2 Å². The molecule has 4 nitrogen and oxygen atoms in total. The molecule has 1 saturated heterocycles. The summed E-state index contributed by atoms with van der Waals surface area (Å²) in [5, 5.41) is 28.2. The highest BCUT2D eigenvalue weighted by Crippen LogP contribution is 2.31. The highest BCUT2D eigenvalue weighted by molar-refractivity contribution is 7.99. The highest BCUT2D eigenvalue weighted by Gasteiger charge is 2.44. The van der Waals surface area contributed by atoms with Gasteiger partial charge in [0.15, 0.2) is 6.17 Å². The number of alkyl halides is 1. The van der Waals surface area contributed by atoms with Gasteiger partial charge in [0.1, 0.15) is 23.7 Å². The third-order valence-electron chi connectivity index (χ3n) is 3.59. The minimum absolute atomic E-state index is 0.418. The van der Waals surface area contributed by atoms with Crippen molar-refractivity contribution in [2.75, 3.05) is 12.4 Å². The van der Waals surface area contributed by atoms with Gasteiger partial charge in [0, 0.05) is 0 Å². The Morgan fingerprint density at radius 2 is 1.70 bits per heavy atom. The average molecular weight is 310 g/mol. The van der Waals surface area contributed by atoms with Crippen molar-refractivity contribution in [3.05, 3.63) is 0 Å². The van der Waals surface area contributed by atoms with Gasteiger partial charge in [0.25, 0.3) is 0 Å². The monoisotopic (exact) mass is 310 g/mol. The molecule has 1 fully saturated rings. The molecule has 3 N–H and O–H groups in total. The average Bonchev–Trinajstić information content (AvgIpc) is 2.46. The van der Waals surface area contributed by atoms with Crippen molar-refractivity contribution in [1.29, 1.82) is 0 Å². The van der Waals surface area contributed by atoms with E-state index in [0.29, 0.717) is 0 Å². The Labute approximate surface area is 124 Å². The largest absolute Gasteiger partial charge is 0.394 e. The quantitative estimate of drug-likeness (QED) is 0.567. The van der Waals surface area contributed by atoms with Crippen LogP contribution in [0.5, 0.6) is 0 Å². The number of thioether (sulfide) groups is 1.